The molecule has 40 heavy (non-hydrogen) atoms. The molecule has 0 heterocycles. The van der Waals surface area contributed by atoms with Crippen LogP contribution in [-0.2, 0) is 0 Å². The number of hydrogen-bond acceptors (Lipinski definition) is 0. The maximum Gasteiger partial charge on any atom is 0.0636 e. The van der Waals surface area contributed by atoms with Gasteiger partial charge in [-0.1, -0.05) is 151 Å². The summed E-state index contributed by atoms with van der Waals surface area (Å²) >= 11 is 0. The van der Waals surface area contributed by atoms with E-state index in [0.717, 1.165) is 32.7 Å². The van der Waals surface area contributed by atoms with Gasteiger partial charge in [0.2, 0.25) is 0 Å². The molecule has 186 valence electrons. The van der Waals surface area contributed by atoms with Crippen LogP contribution in [0.25, 0.3) is 76.5 Å². The van der Waals surface area contributed by atoms with Crippen LogP contribution in [0.1, 0.15) is 11.0 Å². The Morgan fingerprint density at radius 2 is 1.07 bits per heavy atom. The van der Waals surface area contributed by atoms with Crippen LogP contribution in [0.15, 0.2) is 158 Å². The van der Waals surface area contributed by atoms with Crippen LogP contribution in [0.2, 0.25) is 0 Å². The highest BCUT2D eigenvalue weighted by Gasteiger charge is 2.19. The zero-order chi connectivity index (χ0) is 33.4. The van der Waals surface area contributed by atoms with E-state index in [1.54, 1.807) is 0 Å². The second-order valence-corrected chi connectivity index (χ2v) is 9.85. The van der Waals surface area contributed by atoms with Gasteiger partial charge in [0, 0.05) is 0 Å². The van der Waals surface area contributed by atoms with Crippen molar-refractivity contribution in [3.8, 4) is 33.4 Å². The third-order valence-electron chi connectivity index (χ3n) is 7.64. The summed E-state index contributed by atoms with van der Waals surface area (Å²) in [6.45, 7) is 0. The Morgan fingerprint density at radius 1 is 0.375 bits per heavy atom. The zero-order valence-electron chi connectivity index (χ0n) is 29.4. The van der Waals surface area contributed by atoms with Crippen LogP contribution in [-0.4, -0.2) is 0 Å². The molecule has 0 saturated carbocycles. The molecule has 0 N–H and O–H groups in total. The molecule has 0 aliphatic carbocycles. The van der Waals surface area contributed by atoms with Crippen molar-refractivity contribution in [1.29, 1.82) is 0 Å². The van der Waals surface area contributed by atoms with Gasteiger partial charge < -0.3 is 0 Å². The van der Waals surface area contributed by atoms with E-state index in [1.165, 1.54) is 0 Å². The SMILES string of the molecule is [2H]c1c([2H])c([2H])c2c(-c3cccc4ccccc34)c3c(-c4c(-c5ccccc5)ccc5ccccc45)c([2H])c([2H])c([2H])c3c([2H])c2c1[2H]. The van der Waals surface area contributed by atoms with Crippen LogP contribution in [0, 0.1) is 0 Å². The Balaban J connectivity index is 1.75. The smallest absolute Gasteiger partial charge is 0.0622 e. The summed E-state index contributed by atoms with van der Waals surface area (Å²) in [6, 6.07) is 32.3. The molecule has 0 saturated heterocycles. The Labute approximate surface area is 245 Å². The summed E-state index contributed by atoms with van der Waals surface area (Å²) in [5, 5.41) is 3.97. The highest BCUT2D eigenvalue weighted by atomic mass is 14.2. The quantitative estimate of drug-likeness (QED) is 0.206. The van der Waals surface area contributed by atoms with Gasteiger partial charge in [-0.3, -0.25) is 0 Å². The molecule has 0 heteroatoms. The Morgan fingerprint density at radius 3 is 1.95 bits per heavy atom. The van der Waals surface area contributed by atoms with E-state index < -0.39 is 12.1 Å². The molecule has 0 spiro atoms. The maximum atomic E-state index is 9.54. The topological polar surface area (TPSA) is 0 Å². The molecule has 8 aromatic rings. The fraction of sp³-hybridized carbons (Fsp3) is 0. The Bertz CT molecular complexity index is 2640. The number of rotatable bonds is 3. The normalized spacial score (nSPS) is 14.3. The predicted molar refractivity (Wildman–Crippen MR) is 173 cm³/mol. The lowest BCUT2D eigenvalue weighted by atomic mass is 9.83. The van der Waals surface area contributed by atoms with Crippen molar-refractivity contribution in [3.63, 3.8) is 0 Å². The molecule has 8 rings (SSSR count). The second kappa shape index (κ2) is 9.22. The minimum Gasteiger partial charge on any atom is -0.0622 e. The van der Waals surface area contributed by atoms with Crippen LogP contribution < -0.4 is 0 Å². The molecule has 0 aliphatic heterocycles. The van der Waals surface area contributed by atoms with Gasteiger partial charge in [0.1, 0.15) is 0 Å². The summed E-state index contributed by atoms with van der Waals surface area (Å²) in [5.41, 5.74) is 3.73. The third-order valence-corrected chi connectivity index (χ3v) is 7.64. The van der Waals surface area contributed by atoms with Crippen molar-refractivity contribution in [2.24, 2.45) is 0 Å². The average Bonchev–Trinajstić information content (AvgIpc) is 3.12. The fourth-order valence-corrected chi connectivity index (χ4v) is 5.89. The van der Waals surface area contributed by atoms with E-state index in [-0.39, 0.29) is 52.4 Å². The minimum absolute atomic E-state index is 0.0192. The molecular weight excluding hydrogens is 480 g/mol. The second-order valence-electron chi connectivity index (χ2n) is 9.85. The molecule has 0 bridgehead atoms. The molecule has 0 aromatic heterocycles. The molecule has 0 unspecified atom stereocenters. The minimum atomic E-state index is -0.473. The molecule has 0 aliphatic rings. The fourth-order valence-electron chi connectivity index (χ4n) is 5.89. The number of benzene rings is 8. The lowest BCUT2D eigenvalue weighted by Gasteiger charge is -2.20. The third kappa shape index (κ3) is 3.54. The summed E-state index contributed by atoms with van der Waals surface area (Å²) in [4.78, 5) is 0. The summed E-state index contributed by atoms with van der Waals surface area (Å²) in [7, 11) is 0. The van der Waals surface area contributed by atoms with E-state index >= 15 is 0 Å². The Kier molecular flexibility index (Phi) is 3.70. The molecule has 0 amide bonds. The van der Waals surface area contributed by atoms with Crippen molar-refractivity contribution in [1.82, 2.24) is 0 Å². The van der Waals surface area contributed by atoms with Crippen molar-refractivity contribution in [3.05, 3.63) is 158 Å². The maximum absolute atomic E-state index is 9.54. The highest BCUT2D eigenvalue weighted by Crippen LogP contribution is 2.47. The first-order valence-electron chi connectivity index (χ1n) is 17.2. The zero-order valence-corrected chi connectivity index (χ0v) is 21.4. The van der Waals surface area contributed by atoms with E-state index in [4.69, 9.17) is 5.48 Å². The molecular formula is C40H26. The van der Waals surface area contributed by atoms with E-state index in [9.17, 15) is 5.48 Å². The van der Waals surface area contributed by atoms with Gasteiger partial charge in [0.25, 0.3) is 0 Å². The molecule has 0 fully saturated rings. The van der Waals surface area contributed by atoms with E-state index in [2.05, 4.69) is 0 Å². The number of fused-ring (bicyclic) bond motifs is 4. The lowest BCUT2D eigenvalue weighted by Crippen LogP contribution is -1.93. The van der Waals surface area contributed by atoms with Crippen LogP contribution in [0.5, 0.6) is 0 Å². The monoisotopic (exact) mass is 514 g/mol. The Hall–Kier alpha value is -5.20. The van der Waals surface area contributed by atoms with Gasteiger partial charge in [-0.15, -0.1) is 0 Å². The van der Waals surface area contributed by atoms with Gasteiger partial charge in [-0.25, -0.2) is 0 Å². The number of hydrogen-bond donors (Lipinski definition) is 0. The van der Waals surface area contributed by atoms with Crippen LogP contribution in [0.4, 0.5) is 0 Å². The first-order chi connectivity index (χ1) is 23.2. The molecule has 0 radical (unpaired) electrons. The highest BCUT2D eigenvalue weighted by molar-refractivity contribution is 6.22. The van der Waals surface area contributed by atoms with Gasteiger partial charge in [0.05, 0.1) is 11.0 Å². The first-order valence-corrected chi connectivity index (χ1v) is 13.2. The van der Waals surface area contributed by atoms with Crippen molar-refractivity contribution >= 4 is 43.1 Å². The summed E-state index contributed by atoms with van der Waals surface area (Å²) in [5.74, 6) is 0. The van der Waals surface area contributed by atoms with Crippen molar-refractivity contribution in [2.75, 3.05) is 0 Å². The predicted octanol–water partition coefficient (Wildman–Crippen LogP) is 11.3. The average molecular weight is 515 g/mol. The van der Waals surface area contributed by atoms with Crippen molar-refractivity contribution < 1.29 is 11.0 Å². The van der Waals surface area contributed by atoms with Gasteiger partial charge in [-0.2, -0.15) is 0 Å². The lowest BCUT2D eigenvalue weighted by molar-refractivity contribution is 1.62. The van der Waals surface area contributed by atoms with Gasteiger partial charge in [0.15, 0.2) is 0 Å². The first kappa shape index (κ1) is 16.0. The largest absolute Gasteiger partial charge is 0.0636 e. The van der Waals surface area contributed by atoms with Gasteiger partial charge in [-0.05, 0) is 82.5 Å². The summed E-state index contributed by atoms with van der Waals surface area (Å²) in [6.07, 6.45) is 0. The molecule has 8 aromatic carbocycles. The van der Waals surface area contributed by atoms with Crippen LogP contribution in [0.3, 0.4) is 0 Å². The molecule has 0 nitrogen and oxygen atoms in total. The van der Waals surface area contributed by atoms with Crippen molar-refractivity contribution in [2.45, 2.75) is 0 Å². The van der Waals surface area contributed by atoms with Gasteiger partial charge >= 0.3 is 0 Å². The van der Waals surface area contributed by atoms with E-state index in [0.29, 0.717) is 27.6 Å². The van der Waals surface area contributed by atoms with E-state index in [1.807, 2.05) is 109 Å². The van der Waals surface area contributed by atoms with Crippen LogP contribution >= 0.6 is 0 Å². The summed E-state index contributed by atoms with van der Waals surface area (Å²) < 4.78 is 72.7. The molecule has 0 atom stereocenters. The standard InChI is InChI=1S/C40H26/c1-2-12-28(13-3-1)35-25-24-29-15-5-8-20-33(29)39(35)37-23-11-18-31-26-30-16-6-9-21-34(30)40(38(31)37)36-22-10-17-27-14-4-7-19-32(27)36/h1-26H/i6D,9D,11D,16D,18D,21D,23D,26D.